The van der Waals surface area contributed by atoms with Crippen LogP contribution in [0, 0.1) is 5.92 Å². The molecule has 3 nitrogen and oxygen atoms in total. The lowest BCUT2D eigenvalue weighted by atomic mass is 9.84. The van der Waals surface area contributed by atoms with Crippen LogP contribution in [0.4, 0.5) is 0 Å². The van der Waals surface area contributed by atoms with Gasteiger partial charge in [-0.2, -0.15) is 0 Å². The van der Waals surface area contributed by atoms with E-state index in [4.69, 9.17) is 4.74 Å². The smallest absolute Gasteiger partial charge is 0.0672 e. The molecule has 106 valence electrons. The molecule has 3 atom stereocenters. The van der Waals surface area contributed by atoms with Gasteiger partial charge in [0.15, 0.2) is 0 Å². The van der Waals surface area contributed by atoms with E-state index < -0.39 is 0 Å². The molecule has 2 saturated carbocycles. The number of hydrogen-bond acceptors (Lipinski definition) is 3. The van der Waals surface area contributed by atoms with Crippen molar-refractivity contribution in [3.63, 3.8) is 0 Å². The molecule has 0 aromatic heterocycles. The molecule has 0 aromatic rings. The Morgan fingerprint density at radius 3 is 2.56 bits per heavy atom. The van der Waals surface area contributed by atoms with Crippen molar-refractivity contribution in [2.45, 2.75) is 76.5 Å². The van der Waals surface area contributed by atoms with Gasteiger partial charge < -0.3 is 15.2 Å². The monoisotopic (exact) mass is 255 g/mol. The highest BCUT2D eigenvalue weighted by Gasteiger charge is 2.34. The number of nitrogens with one attached hydrogen (secondary N) is 1. The van der Waals surface area contributed by atoms with E-state index in [0.29, 0.717) is 18.8 Å². The first-order valence-corrected chi connectivity index (χ1v) is 7.67. The van der Waals surface area contributed by atoms with Crippen molar-refractivity contribution in [2.24, 2.45) is 5.92 Å². The molecule has 18 heavy (non-hydrogen) atoms. The summed E-state index contributed by atoms with van der Waals surface area (Å²) in [6.45, 7) is 5.14. The van der Waals surface area contributed by atoms with Crippen LogP contribution in [0.15, 0.2) is 0 Å². The fourth-order valence-corrected chi connectivity index (χ4v) is 3.00. The normalized spacial score (nSPS) is 32.2. The standard InChI is InChI=1S/C15H29NO2/c1-3-12-6-4-5-7-14(12)18-11-15(2,10-17)16-13-8-9-13/h12-14,16-17H,3-11H2,1-2H3. The Balaban J connectivity index is 1.79. The molecule has 0 bridgehead atoms. The largest absolute Gasteiger partial charge is 0.394 e. The first-order valence-electron chi connectivity index (χ1n) is 7.67. The number of aliphatic hydroxyl groups excluding tert-OH is 1. The Labute approximate surface area is 111 Å². The summed E-state index contributed by atoms with van der Waals surface area (Å²) in [5.41, 5.74) is -0.253. The van der Waals surface area contributed by atoms with Gasteiger partial charge in [-0.05, 0) is 38.5 Å². The Morgan fingerprint density at radius 1 is 1.22 bits per heavy atom. The van der Waals surface area contributed by atoms with E-state index in [1.165, 1.54) is 44.9 Å². The zero-order valence-electron chi connectivity index (χ0n) is 12.0. The van der Waals surface area contributed by atoms with Crippen LogP contribution in [0.1, 0.15) is 58.8 Å². The maximum Gasteiger partial charge on any atom is 0.0672 e. The minimum Gasteiger partial charge on any atom is -0.394 e. The lowest BCUT2D eigenvalue weighted by molar-refractivity contribution is -0.0475. The number of ether oxygens (including phenoxy) is 1. The molecule has 0 aliphatic heterocycles. The minimum atomic E-state index is -0.253. The van der Waals surface area contributed by atoms with Crippen molar-refractivity contribution in [2.75, 3.05) is 13.2 Å². The SMILES string of the molecule is CCC1CCCCC1OCC(C)(CO)NC1CC1. The Hall–Kier alpha value is -0.120. The lowest BCUT2D eigenvalue weighted by Crippen LogP contribution is -2.51. The predicted octanol–water partition coefficient (Wildman–Crippen LogP) is 2.47. The molecule has 0 amide bonds. The van der Waals surface area contributed by atoms with Gasteiger partial charge in [-0.25, -0.2) is 0 Å². The van der Waals surface area contributed by atoms with E-state index in [1.807, 2.05) is 0 Å². The zero-order chi connectivity index (χ0) is 13.0. The second-order valence-corrected chi connectivity index (χ2v) is 6.44. The molecule has 2 aliphatic carbocycles. The third-order valence-corrected chi connectivity index (χ3v) is 4.46. The summed E-state index contributed by atoms with van der Waals surface area (Å²) in [7, 11) is 0. The van der Waals surface area contributed by atoms with Crippen molar-refractivity contribution in [1.82, 2.24) is 5.32 Å². The van der Waals surface area contributed by atoms with E-state index >= 15 is 0 Å². The molecule has 0 aromatic carbocycles. The van der Waals surface area contributed by atoms with Gasteiger partial charge in [0.2, 0.25) is 0 Å². The highest BCUT2D eigenvalue weighted by Crippen LogP contribution is 2.30. The van der Waals surface area contributed by atoms with Crippen LogP contribution in [-0.4, -0.2) is 36.0 Å². The van der Waals surface area contributed by atoms with Gasteiger partial charge in [-0.3, -0.25) is 0 Å². The van der Waals surface area contributed by atoms with E-state index in [1.54, 1.807) is 0 Å². The second kappa shape index (κ2) is 6.36. The van der Waals surface area contributed by atoms with Gasteiger partial charge in [0.1, 0.15) is 0 Å². The highest BCUT2D eigenvalue weighted by molar-refractivity contribution is 4.92. The molecule has 2 aliphatic rings. The molecule has 2 N–H and O–H groups in total. The van der Waals surface area contributed by atoms with Crippen molar-refractivity contribution < 1.29 is 9.84 Å². The van der Waals surface area contributed by atoms with E-state index in [0.717, 1.165) is 5.92 Å². The summed E-state index contributed by atoms with van der Waals surface area (Å²) in [5, 5.41) is 13.1. The summed E-state index contributed by atoms with van der Waals surface area (Å²) in [6.07, 6.45) is 9.29. The molecule has 3 unspecified atom stereocenters. The molecule has 0 heterocycles. The van der Waals surface area contributed by atoms with Gasteiger partial charge in [0, 0.05) is 6.04 Å². The van der Waals surface area contributed by atoms with Crippen molar-refractivity contribution >= 4 is 0 Å². The number of hydrogen-bond donors (Lipinski definition) is 2. The second-order valence-electron chi connectivity index (χ2n) is 6.44. The third kappa shape index (κ3) is 3.94. The van der Waals surface area contributed by atoms with Crippen LogP contribution in [0.2, 0.25) is 0 Å². The topological polar surface area (TPSA) is 41.5 Å². The summed E-state index contributed by atoms with van der Waals surface area (Å²) < 4.78 is 6.15. The molecule has 0 radical (unpaired) electrons. The zero-order valence-corrected chi connectivity index (χ0v) is 12.0. The van der Waals surface area contributed by atoms with Crippen LogP contribution in [0.3, 0.4) is 0 Å². The first kappa shape index (κ1) is 14.3. The summed E-state index contributed by atoms with van der Waals surface area (Å²) in [5.74, 6) is 0.725. The lowest BCUT2D eigenvalue weighted by Gasteiger charge is -2.35. The van der Waals surface area contributed by atoms with E-state index in [-0.39, 0.29) is 12.1 Å². The average Bonchev–Trinajstić information content (AvgIpc) is 3.20. The van der Waals surface area contributed by atoms with Crippen molar-refractivity contribution in [1.29, 1.82) is 0 Å². The molecule has 3 heteroatoms. The van der Waals surface area contributed by atoms with Crippen molar-refractivity contribution in [3.8, 4) is 0 Å². The van der Waals surface area contributed by atoms with Crippen LogP contribution in [0.25, 0.3) is 0 Å². The Kier molecular flexibility index (Phi) is 5.05. The molecular formula is C15H29NO2. The van der Waals surface area contributed by atoms with Gasteiger partial charge >= 0.3 is 0 Å². The maximum atomic E-state index is 9.57. The van der Waals surface area contributed by atoms with Gasteiger partial charge in [0.25, 0.3) is 0 Å². The van der Waals surface area contributed by atoms with Crippen LogP contribution in [0.5, 0.6) is 0 Å². The Morgan fingerprint density at radius 2 is 1.94 bits per heavy atom. The quantitative estimate of drug-likeness (QED) is 0.734. The van der Waals surface area contributed by atoms with Crippen LogP contribution in [-0.2, 0) is 4.74 Å². The first-order chi connectivity index (χ1) is 8.67. The van der Waals surface area contributed by atoms with Crippen LogP contribution >= 0.6 is 0 Å². The summed E-state index contributed by atoms with van der Waals surface area (Å²) >= 11 is 0. The maximum absolute atomic E-state index is 9.57. The molecular weight excluding hydrogens is 226 g/mol. The number of aliphatic hydroxyl groups is 1. The highest BCUT2D eigenvalue weighted by atomic mass is 16.5. The van der Waals surface area contributed by atoms with E-state index in [9.17, 15) is 5.11 Å². The summed E-state index contributed by atoms with van der Waals surface area (Å²) in [4.78, 5) is 0. The van der Waals surface area contributed by atoms with Gasteiger partial charge in [0.05, 0.1) is 24.9 Å². The minimum absolute atomic E-state index is 0.160. The molecule has 0 spiro atoms. The number of rotatable bonds is 7. The van der Waals surface area contributed by atoms with Gasteiger partial charge in [-0.1, -0.05) is 26.2 Å². The fraction of sp³-hybridized carbons (Fsp3) is 1.00. The molecule has 0 saturated heterocycles. The summed E-state index contributed by atoms with van der Waals surface area (Å²) in [6, 6.07) is 0.610. The average molecular weight is 255 g/mol. The molecule has 2 rings (SSSR count). The van der Waals surface area contributed by atoms with E-state index in [2.05, 4.69) is 19.2 Å². The van der Waals surface area contributed by atoms with Crippen molar-refractivity contribution in [3.05, 3.63) is 0 Å². The van der Waals surface area contributed by atoms with Crippen LogP contribution < -0.4 is 5.32 Å². The third-order valence-electron chi connectivity index (χ3n) is 4.46. The Bertz CT molecular complexity index is 255. The fourth-order valence-electron chi connectivity index (χ4n) is 3.00. The molecule has 2 fully saturated rings. The predicted molar refractivity (Wildman–Crippen MR) is 73.6 cm³/mol. The van der Waals surface area contributed by atoms with Gasteiger partial charge in [-0.15, -0.1) is 0 Å².